The smallest absolute Gasteiger partial charge is 0.136 e. The van der Waals surface area contributed by atoms with Gasteiger partial charge in [-0.1, -0.05) is 30.3 Å². The van der Waals surface area contributed by atoms with Gasteiger partial charge in [0.2, 0.25) is 0 Å². The second-order valence-electron chi connectivity index (χ2n) is 5.53. The molecule has 0 radical (unpaired) electrons. The van der Waals surface area contributed by atoms with Crippen molar-refractivity contribution in [1.29, 1.82) is 0 Å². The molecule has 0 spiro atoms. The molecule has 4 heteroatoms. The van der Waals surface area contributed by atoms with Crippen LogP contribution < -0.4 is 5.32 Å². The normalized spacial score (nSPS) is 12.6. The van der Waals surface area contributed by atoms with E-state index in [-0.39, 0.29) is 12.6 Å². The first-order valence-corrected chi connectivity index (χ1v) is 7.62. The molecule has 114 valence electrons. The highest BCUT2D eigenvalue weighted by atomic mass is 16.3. The molecule has 0 saturated heterocycles. The SMILES string of the molecule is CC(NCCc1cn2ccccc2n1)c1cccc(CO)c1. The van der Waals surface area contributed by atoms with Gasteiger partial charge in [-0.05, 0) is 30.2 Å². The minimum absolute atomic E-state index is 0.0851. The standard InChI is InChI=1S/C18H21N3O/c1-14(16-6-4-5-15(11-16)13-22)19-9-8-17-12-21-10-3-2-7-18(21)20-17/h2-7,10-12,14,19,22H,8-9,13H2,1H3. The van der Waals surface area contributed by atoms with Crippen LogP contribution in [0.5, 0.6) is 0 Å². The molecular weight excluding hydrogens is 274 g/mol. The lowest BCUT2D eigenvalue weighted by atomic mass is 10.1. The van der Waals surface area contributed by atoms with Gasteiger partial charge < -0.3 is 14.8 Å². The van der Waals surface area contributed by atoms with Crippen LogP contribution in [0.25, 0.3) is 5.65 Å². The third-order valence-electron chi connectivity index (χ3n) is 3.88. The quantitative estimate of drug-likeness (QED) is 0.735. The highest BCUT2D eigenvalue weighted by Gasteiger charge is 2.06. The lowest BCUT2D eigenvalue weighted by Crippen LogP contribution is -2.21. The molecule has 2 aromatic heterocycles. The molecule has 22 heavy (non-hydrogen) atoms. The number of hydrogen-bond donors (Lipinski definition) is 2. The van der Waals surface area contributed by atoms with E-state index in [1.54, 1.807) is 0 Å². The van der Waals surface area contributed by atoms with E-state index in [9.17, 15) is 5.11 Å². The summed E-state index contributed by atoms with van der Waals surface area (Å²) in [6.45, 7) is 3.09. The predicted octanol–water partition coefficient (Wildman–Crippen LogP) is 2.72. The van der Waals surface area contributed by atoms with Crippen LogP contribution >= 0.6 is 0 Å². The average Bonchev–Trinajstić information content (AvgIpc) is 2.97. The fourth-order valence-corrected chi connectivity index (χ4v) is 2.60. The van der Waals surface area contributed by atoms with Crippen LogP contribution in [0, 0.1) is 0 Å². The van der Waals surface area contributed by atoms with E-state index in [0.29, 0.717) is 0 Å². The molecule has 3 rings (SSSR count). The van der Waals surface area contributed by atoms with E-state index in [0.717, 1.165) is 29.9 Å². The fourth-order valence-electron chi connectivity index (χ4n) is 2.60. The van der Waals surface area contributed by atoms with Crippen molar-refractivity contribution in [1.82, 2.24) is 14.7 Å². The van der Waals surface area contributed by atoms with Crippen LogP contribution in [0.2, 0.25) is 0 Å². The molecule has 0 amide bonds. The number of fused-ring (bicyclic) bond motifs is 1. The van der Waals surface area contributed by atoms with E-state index in [1.807, 2.05) is 47.0 Å². The van der Waals surface area contributed by atoms with Crippen molar-refractivity contribution in [3.63, 3.8) is 0 Å². The maximum Gasteiger partial charge on any atom is 0.136 e. The van der Waals surface area contributed by atoms with E-state index < -0.39 is 0 Å². The predicted molar refractivity (Wildman–Crippen MR) is 87.7 cm³/mol. The van der Waals surface area contributed by atoms with Gasteiger partial charge in [-0.2, -0.15) is 0 Å². The number of aliphatic hydroxyl groups excluding tert-OH is 1. The number of aromatic nitrogens is 2. The fraction of sp³-hybridized carbons (Fsp3) is 0.278. The molecular formula is C18H21N3O. The first-order valence-electron chi connectivity index (χ1n) is 7.62. The highest BCUT2D eigenvalue weighted by Crippen LogP contribution is 2.14. The third-order valence-corrected chi connectivity index (χ3v) is 3.88. The Kier molecular flexibility index (Phi) is 4.51. The number of nitrogens with one attached hydrogen (secondary N) is 1. The van der Waals surface area contributed by atoms with Crippen molar-refractivity contribution in [2.45, 2.75) is 26.0 Å². The molecule has 2 heterocycles. The molecule has 0 fully saturated rings. The number of nitrogens with zero attached hydrogens (tertiary/aromatic N) is 2. The number of benzene rings is 1. The second kappa shape index (κ2) is 6.73. The molecule has 1 unspecified atom stereocenters. The van der Waals surface area contributed by atoms with Gasteiger partial charge in [-0.3, -0.25) is 0 Å². The zero-order valence-electron chi connectivity index (χ0n) is 12.7. The van der Waals surface area contributed by atoms with Crippen molar-refractivity contribution in [2.75, 3.05) is 6.54 Å². The van der Waals surface area contributed by atoms with Gasteiger partial charge in [-0.25, -0.2) is 4.98 Å². The Morgan fingerprint density at radius 2 is 2.14 bits per heavy atom. The summed E-state index contributed by atoms with van der Waals surface area (Å²) in [5.41, 5.74) is 4.23. The van der Waals surface area contributed by atoms with Crippen LogP contribution in [0.3, 0.4) is 0 Å². The summed E-state index contributed by atoms with van der Waals surface area (Å²) in [6, 6.07) is 14.3. The average molecular weight is 295 g/mol. The highest BCUT2D eigenvalue weighted by molar-refractivity contribution is 5.39. The van der Waals surface area contributed by atoms with Gasteiger partial charge in [-0.15, -0.1) is 0 Å². The zero-order chi connectivity index (χ0) is 15.4. The van der Waals surface area contributed by atoms with Crippen molar-refractivity contribution >= 4 is 5.65 Å². The summed E-state index contributed by atoms with van der Waals surface area (Å²) in [7, 11) is 0. The lowest BCUT2D eigenvalue weighted by molar-refractivity contribution is 0.281. The summed E-state index contributed by atoms with van der Waals surface area (Å²) < 4.78 is 2.05. The minimum atomic E-state index is 0.0851. The summed E-state index contributed by atoms with van der Waals surface area (Å²) in [5.74, 6) is 0. The van der Waals surface area contributed by atoms with Crippen molar-refractivity contribution in [2.24, 2.45) is 0 Å². The minimum Gasteiger partial charge on any atom is -0.392 e. The van der Waals surface area contributed by atoms with E-state index in [2.05, 4.69) is 29.5 Å². The first kappa shape index (κ1) is 14.8. The molecule has 0 bridgehead atoms. The lowest BCUT2D eigenvalue weighted by Gasteiger charge is -2.14. The Morgan fingerprint density at radius 1 is 1.23 bits per heavy atom. The first-order chi connectivity index (χ1) is 10.8. The van der Waals surface area contributed by atoms with Crippen molar-refractivity contribution in [3.8, 4) is 0 Å². The molecule has 0 aliphatic heterocycles. The molecule has 0 aliphatic carbocycles. The largest absolute Gasteiger partial charge is 0.392 e. The number of pyridine rings is 1. The van der Waals surface area contributed by atoms with Crippen LogP contribution in [0.1, 0.15) is 29.8 Å². The topological polar surface area (TPSA) is 49.6 Å². The number of aliphatic hydroxyl groups is 1. The monoisotopic (exact) mass is 295 g/mol. The van der Waals surface area contributed by atoms with Crippen LogP contribution in [0.4, 0.5) is 0 Å². The molecule has 3 aromatic rings. The summed E-state index contributed by atoms with van der Waals surface area (Å²) >= 11 is 0. The van der Waals surface area contributed by atoms with E-state index in [1.165, 1.54) is 5.56 Å². The molecule has 0 saturated carbocycles. The summed E-state index contributed by atoms with van der Waals surface area (Å²) in [4.78, 5) is 4.60. The third kappa shape index (κ3) is 3.35. The van der Waals surface area contributed by atoms with E-state index in [4.69, 9.17) is 0 Å². The Labute approximate surface area is 130 Å². The van der Waals surface area contributed by atoms with Crippen LogP contribution in [-0.4, -0.2) is 21.0 Å². The summed E-state index contributed by atoms with van der Waals surface area (Å²) in [6.07, 6.45) is 4.99. The Balaban J connectivity index is 1.57. The number of hydrogen-bond acceptors (Lipinski definition) is 3. The Morgan fingerprint density at radius 3 is 2.95 bits per heavy atom. The molecule has 4 nitrogen and oxygen atoms in total. The maximum absolute atomic E-state index is 9.21. The van der Waals surface area contributed by atoms with Crippen LogP contribution in [0.15, 0.2) is 54.9 Å². The summed E-state index contributed by atoms with van der Waals surface area (Å²) in [5, 5.41) is 12.7. The maximum atomic E-state index is 9.21. The molecule has 2 N–H and O–H groups in total. The van der Waals surface area contributed by atoms with Gasteiger partial charge in [0.05, 0.1) is 12.3 Å². The van der Waals surface area contributed by atoms with Gasteiger partial charge >= 0.3 is 0 Å². The van der Waals surface area contributed by atoms with Gasteiger partial charge in [0.15, 0.2) is 0 Å². The Bertz CT molecular complexity index is 718. The molecule has 1 aromatic carbocycles. The van der Waals surface area contributed by atoms with E-state index >= 15 is 0 Å². The number of imidazole rings is 1. The Hall–Kier alpha value is -2.17. The molecule has 1 atom stereocenters. The molecule has 0 aliphatic rings. The van der Waals surface area contributed by atoms with Crippen molar-refractivity contribution < 1.29 is 5.11 Å². The van der Waals surface area contributed by atoms with Gasteiger partial charge in [0.1, 0.15) is 5.65 Å². The van der Waals surface area contributed by atoms with Crippen molar-refractivity contribution in [3.05, 3.63) is 71.7 Å². The van der Waals surface area contributed by atoms with Gasteiger partial charge in [0, 0.05) is 31.4 Å². The number of rotatable bonds is 6. The van der Waals surface area contributed by atoms with Crippen LogP contribution in [-0.2, 0) is 13.0 Å². The van der Waals surface area contributed by atoms with Gasteiger partial charge in [0.25, 0.3) is 0 Å². The zero-order valence-corrected chi connectivity index (χ0v) is 12.7. The second-order valence-corrected chi connectivity index (χ2v) is 5.53.